The lowest BCUT2D eigenvalue weighted by Crippen LogP contribution is -2.68. The minimum absolute atomic E-state index is 0.225. The van der Waals surface area contributed by atoms with Gasteiger partial charge in [0.2, 0.25) is 5.91 Å². The highest BCUT2D eigenvalue weighted by Gasteiger charge is 2.42. The molecule has 0 aliphatic rings. The maximum Gasteiger partial charge on any atom is 0.411 e. The van der Waals surface area contributed by atoms with E-state index in [2.05, 4.69) is 16.0 Å². The standard InChI is InChI=1S/C28H38N4O6/c1-20(19-33)29-16-10-9-15-24(17-22-11-5-3-6-12-22)28(32-27(37)38,18-23-13-7-4-8-14-23)31-21(2)25(34)30-26(35)36/h3-8,11-14,19-21,24,29,31-32H,9-10,15-18H2,1-2H3,(H,30,34)(H,35,36)(H,37,38)/t20?,21-,24-,28?/m0/s1. The van der Waals surface area contributed by atoms with E-state index in [-0.39, 0.29) is 18.4 Å². The molecule has 10 heteroatoms. The SMILES string of the molecule is CC(C=O)NCCCC[C@@H](Cc1ccccc1)C(Cc1ccccc1)(NC(=O)O)N[C@@H](C)C(=O)NC(=O)O. The van der Waals surface area contributed by atoms with Crippen LogP contribution >= 0.6 is 0 Å². The van der Waals surface area contributed by atoms with Gasteiger partial charge in [-0.3, -0.25) is 15.4 Å². The fraction of sp³-hybridized carbons (Fsp3) is 0.429. The molecule has 0 aliphatic carbocycles. The average Bonchev–Trinajstić information content (AvgIpc) is 2.87. The van der Waals surface area contributed by atoms with E-state index >= 15 is 0 Å². The first kappa shape index (κ1) is 30.5. The summed E-state index contributed by atoms with van der Waals surface area (Å²) >= 11 is 0. The molecule has 2 aromatic rings. The van der Waals surface area contributed by atoms with Crippen LogP contribution in [0.5, 0.6) is 0 Å². The van der Waals surface area contributed by atoms with Crippen LogP contribution in [0.3, 0.4) is 0 Å². The average molecular weight is 527 g/mol. The van der Waals surface area contributed by atoms with Crippen molar-refractivity contribution in [2.24, 2.45) is 5.92 Å². The number of carboxylic acid groups (broad SMARTS) is 2. The van der Waals surface area contributed by atoms with Crippen molar-refractivity contribution >= 4 is 24.4 Å². The van der Waals surface area contributed by atoms with Gasteiger partial charge < -0.3 is 25.6 Å². The summed E-state index contributed by atoms with van der Waals surface area (Å²) in [5.74, 6) is -1.10. The molecule has 0 fully saturated rings. The molecule has 2 aromatic carbocycles. The third-order valence-corrected chi connectivity index (χ3v) is 6.42. The van der Waals surface area contributed by atoms with E-state index in [1.54, 1.807) is 6.92 Å². The van der Waals surface area contributed by atoms with E-state index in [0.717, 1.165) is 30.3 Å². The number of carbonyl (C=O) groups is 4. The first-order chi connectivity index (χ1) is 18.1. The molecule has 0 bridgehead atoms. The molecule has 6 N–H and O–H groups in total. The third kappa shape index (κ3) is 10.3. The summed E-state index contributed by atoms with van der Waals surface area (Å²) in [6.45, 7) is 3.91. The van der Waals surface area contributed by atoms with Gasteiger partial charge in [-0.15, -0.1) is 0 Å². The van der Waals surface area contributed by atoms with Gasteiger partial charge in [0.1, 0.15) is 11.9 Å². The topological polar surface area (TPSA) is 157 Å². The second kappa shape index (κ2) is 15.5. The fourth-order valence-electron chi connectivity index (χ4n) is 4.58. The van der Waals surface area contributed by atoms with Crippen LogP contribution in [0.2, 0.25) is 0 Å². The predicted molar refractivity (Wildman–Crippen MR) is 144 cm³/mol. The Bertz CT molecular complexity index is 1040. The number of aldehydes is 1. The minimum atomic E-state index is -1.48. The van der Waals surface area contributed by atoms with E-state index in [9.17, 15) is 24.3 Å². The number of rotatable bonds is 16. The zero-order chi connectivity index (χ0) is 28.0. The van der Waals surface area contributed by atoms with Gasteiger partial charge in [-0.25, -0.2) is 9.59 Å². The second-order valence-electron chi connectivity index (χ2n) is 9.49. The van der Waals surface area contributed by atoms with Gasteiger partial charge in [0.25, 0.3) is 0 Å². The molecule has 2 unspecified atom stereocenters. The maximum absolute atomic E-state index is 12.6. The Morgan fingerprint density at radius 3 is 2.05 bits per heavy atom. The van der Waals surface area contributed by atoms with Crippen molar-refractivity contribution in [3.63, 3.8) is 0 Å². The number of nitrogens with one attached hydrogen (secondary N) is 4. The van der Waals surface area contributed by atoms with Crippen LogP contribution < -0.4 is 21.3 Å². The summed E-state index contributed by atoms with van der Waals surface area (Å²) in [5.41, 5.74) is 0.542. The maximum atomic E-state index is 12.6. The van der Waals surface area contributed by atoms with Gasteiger partial charge in [0.15, 0.2) is 0 Å². The van der Waals surface area contributed by atoms with Crippen molar-refractivity contribution in [3.05, 3.63) is 71.8 Å². The normalized spacial score (nSPS) is 14.9. The molecule has 10 nitrogen and oxygen atoms in total. The number of carbonyl (C=O) groups excluding carboxylic acids is 2. The molecule has 206 valence electrons. The fourth-order valence-corrected chi connectivity index (χ4v) is 4.58. The summed E-state index contributed by atoms with van der Waals surface area (Å²) in [5, 5.41) is 29.8. The van der Waals surface area contributed by atoms with Crippen molar-refractivity contribution < 1.29 is 29.4 Å². The molecule has 0 aliphatic heterocycles. The van der Waals surface area contributed by atoms with Crippen LogP contribution in [-0.2, 0) is 22.4 Å². The summed E-state index contributed by atoms with van der Waals surface area (Å²) in [7, 11) is 0. The minimum Gasteiger partial charge on any atom is -0.465 e. The summed E-state index contributed by atoms with van der Waals surface area (Å²) in [6.07, 6.45) is 0.903. The lowest BCUT2D eigenvalue weighted by Gasteiger charge is -2.44. The first-order valence-corrected chi connectivity index (χ1v) is 12.7. The number of unbranched alkanes of at least 4 members (excludes halogenated alkanes) is 1. The van der Waals surface area contributed by atoms with Crippen LogP contribution in [0.15, 0.2) is 60.7 Å². The van der Waals surface area contributed by atoms with E-state index in [4.69, 9.17) is 5.11 Å². The molecule has 2 rings (SSSR count). The quantitative estimate of drug-likeness (QED) is 0.111. The lowest BCUT2D eigenvalue weighted by molar-refractivity contribution is -0.123. The predicted octanol–water partition coefficient (Wildman–Crippen LogP) is 3.17. The van der Waals surface area contributed by atoms with Gasteiger partial charge in [0, 0.05) is 6.42 Å². The molecule has 0 aromatic heterocycles. The third-order valence-electron chi connectivity index (χ3n) is 6.42. The Hall–Kier alpha value is -3.76. The van der Waals surface area contributed by atoms with Gasteiger partial charge in [-0.1, -0.05) is 67.1 Å². The lowest BCUT2D eigenvalue weighted by atomic mass is 9.78. The Balaban J connectivity index is 2.46. The molecule has 0 saturated carbocycles. The molecule has 3 amide bonds. The summed E-state index contributed by atoms with van der Waals surface area (Å²) in [6, 6.07) is 17.7. The molecule has 4 atom stereocenters. The number of benzene rings is 2. The first-order valence-electron chi connectivity index (χ1n) is 12.7. The van der Waals surface area contributed by atoms with E-state index in [1.165, 1.54) is 6.92 Å². The highest BCUT2D eigenvalue weighted by molar-refractivity contribution is 5.94. The Kier molecular flexibility index (Phi) is 12.4. The van der Waals surface area contributed by atoms with Gasteiger partial charge in [0.05, 0.1) is 12.1 Å². The second-order valence-corrected chi connectivity index (χ2v) is 9.49. The van der Waals surface area contributed by atoms with Gasteiger partial charge in [-0.05, 0) is 56.7 Å². The molecule has 0 radical (unpaired) electrons. The molecule has 38 heavy (non-hydrogen) atoms. The van der Waals surface area contributed by atoms with E-state index < -0.39 is 29.8 Å². The van der Waals surface area contributed by atoms with Gasteiger partial charge in [-0.2, -0.15) is 0 Å². The molecule has 0 saturated heterocycles. The smallest absolute Gasteiger partial charge is 0.411 e. The van der Waals surface area contributed by atoms with Crippen molar-refractivity contribution in [2.45, 2.75) is 63.7 Å². The number of imide groups is 1. The van der Waals surface area contributed by atoms with Crippen molar-refractivity contribution in [1.82, 2.24) is 21.3 Å². The molecule has 0 heterocycles. The van der Waals surface area contributed by atoms with Crippen molar-refractivity contribution in [2.75, 3.05) is 6.54 Å². The largest absolute Gasteiger partial charge is 0.465 e. The molecule has 0 spiro atoms. The zero-order valence-corrected chi connectivity index (χ0v) is 21.9. The number of hydrogen-bond acceptors (Lipinski definition) is 6. The highest BCUT2D eigenvalue weighted by atomic mass is 16.4. The summed E-state index contributed by atoms with van der Waals surface area (Å²) < 4.78 is 0. The van der Waals surface area contributed by atoms with Crippen LogP contribution in [0.25, 0.3) is 0 Å². The Morgan fingerprint density at radius 2 is 1.50 bits per heavy atom. The highest BCUT2D eigenvalue weighted by Crippen LogP contribution is 2.30. The van der Waals surface area contributed by atoms with Crippen molar-refractivity contribution in [3.8, 4) is 0 Å². The number of amides is 3. The van der Waals surface area contributed by atoms with Gasteiger partial charge >= 0.3 is 12.2 Å². The van der Waals surface area contributed by atoms with Crippen LogP contribution in [0, 0.1) is 5.92 Å². The van der Waals surface area contributed by atoms with Crippen molar-refractivity contribution in [1.29, 1.82) is 0 Å². The monoisotopic (exact) mass is 526 g/mol. The molecular weight excluding hydrogens is 488 g/mol. The molecular formula is C28H38N4O6. The summed E-state index contributed by atoms with van der Waals surface area (Å²) in [4.78, 5) is 46.8. The number of hydrogen-bond donors (Lipinski definition) is 6. The van der Waals surface area contributed by atoms with E-state index in [1.807, 2.05) is 66.0 Å². The van der Waals surface area contributed by atoms with Crippen LogP contribution in [0.1, 0.15) is 44.2 Å². The van der Waals surface area contributed by atoms with E-state index in [0.29, 0.717) is 19.4 Å². The Morgan fingerprint density at radius 1 is 0.895 bits per heavy atom. The van der Waals surface area contributed by atoms with Crippen LogP contribution in [0.4, 0.5) is 9.59 Å². The van der Waals surface area contributed by atoms with Crippen LogP contribution in [-0.4, -0.2) is 58.9 Å². The zero-order valence-electron chi connectivity index (χ0n) is 21.9. The Labute approximate surface area is 223 Å².